The van der Waals surface area contributed by atoms with Crippen molar-refractivity contribution in [3.63, 3.8) is 0 Å². The van der Waals surface area contributed by atoms with Crippen LogP contribution in [0, 0.1) is 10.5 Å². The number of aromatic nitrogens is 1. The van der Waals surface area contributed by atoms with Gasteiger partial charge in [0.1, 0.15) is 11.3 Å². The number of hydrogen-bond donors (Lipinski definition) is 3. The molecule has 4 rings (SSSR count). The summed E-state index contributed by atoms with van der Waals surface area (Å²) in [6.45, 7) is 1.97. The van der Waals surface area contributed by atoms with Crippen LogP contribution in [0.4, 0.5) is 5.69 Å². The van der Waals surface area contributed by atoms with Crippen molar-refractivity contribution in [2.75, 3.05) is 5.32 Å². The number of phenols is 1. The Morgan fingerprint density at radius 1 is 1.10 bits per heavy atom. The Bertz CT molecular complexity index is 1270. The Kier molecular flexibility index (Phi) is 5.69. The number of oxazole rings is 1. The molecular weight excluding hydrogens is 513 g/mol. The van der Waals surface area contributed by atoms with Gasteiger partial charge in [-0.2, -0.15) is 0 Å². The van der Waals surface area contributed by atoms with E-state index in [2.05, 4.69) is 38.2 Å². The van der Waals surface area contributed by atoms with Crippen molar-refractivity contribution in [3.05, 3.63) is 75.4 Å². The zero-order chi connectivity index (χ0) is 21.3. The fraction of sp³-hybridized carbons (Fsp3) is 0.0455. The minimum atomic E-state index is -0.308. The number of nitrogens with one attached hydrogen (secondary N) is 2. The van der Waals surface area contributed by atoms with Crippen LogP contribution >= 0.6 is 34.8 Å². The molecule has 4 aromatic rings. The van der Waals surface area contributed by atoms with Gasteiger partial charge in [-0.15, -0.1) is 0 Å². The van der Waals surface area contributed by atoms with Gasteiger partial charge in [0.15, 0.2) is 10.7 Å². The fourth-order valence-electron chi connectivity index (χ4n) is 2.87. The van der Waals surface area contributed by atoms with E-state index in [0.717, 1.165) is 9.13 Å². The first-order chi connectivity index (χ1) is 14.4. The minimum Gasteiger partial charge on any atom is -0.507 e. The highest BCUT2D eigenvalue weighted by molar-refractivity contribution is 14.1. The molecule has 3 N–H and O–H groups in total. The van der Waals surface area contributed by atoms with Crippen molar-refractivity contribution < 1.29 is 14.3 Å². The number of nitrogens with zero attached hydrogens (tertiary/aromatic N) is 1. The molecule has 0 saturated heterocycles. The van der Waals surface area contributed by atoms with Crippen molar-refractivity contribution in [2.45, 2.75) is 6.92 Å². The van der Waals surface area contributed by atoms with E-state index in [-0.39, 0.29) is 16.8 Å². The van der Waals surface area contributed by atoms with Gasteiger partial charge >= 0.3 is 0 Å². The zero-order valence-electron chi connectivity index (χ0n) is 15.8. The third-order valence-corrected chi connectivity index (χ3v) is 5.29. The summed E-state index contributed by atoms with van der Waals surface area (Å²) in [5, 5.41) is 16.0. The first-order valence-electron chi connectivity index (χ1n) is 8.97. The molecule has 0 spiro atoms. The van der Waals surface area contributed by atoms with Crippen LogP contribution in [0.25, 0.3) is 22.6 Å². The van der Waals surface area contributed by atoms with Crippen LogP contribution < -0.4 is 10.6 Å². The zero-order valence-corrected chi connectivity index (χ0v) is 18.7. The predicted molar refractivity (Wildman–Crippen MR) is 129 cm³/mol. The highest BCUT2D eigenvalue weighted by atomic mass is 127. The van der Waals surface area contributed by atoms with E-state index < -0.39 is 0 Å². The molecule has 0 aliphatic carbocycles. The van der Waals surface area contributed by atoms with Crippen molar-refractivity contribution in [1.82, 2.24) is 10.3 Å². The highest BCUT2D eigenvalue weighted by Crippen LogP contribution is 2.33. The Balaban J connectivity index is 1.53. The maximum absolute atomic E-state index is 12.3. The van der Waals surface area contributed by atoms with Crippen molar-refractivity contribution >= 4 is 62.6 Å². The van der Waals surface area contributed by atoms with E-state index >= 15 is 0 Å². The van der Waals surface area contributed by atoms with Crippen LogP contribution in [0.3, 0.4) is 0 Å². The van der Waals surface area contributed by atoms with Crippen molar-refractivity contribution in [2.24, 2.45) is 0 Å². The Labute approximate surface area is 191 Å². The van der Waals surface area contributed by atoms with Crippen LogP contribution in [-0.4, -0.2) is 21.1 Å². The average molecular weight is 529 g/mol. The fourth-order valence-corrected chi connectivity index (χ4v) is 3.44. The lowest BCUT2D eigenvalue weighted by atomic mass is 10.1. The molecule has 0 unspecified atom stereocenters. The lowest BCUT2D eigenvalue weighted by Gasteiger charge is -2.11. The smallest absolute Gasteiger partial charge is 0.257 e. The second-order valence-corrected chi connectivity index (χ2v) is 8.29. The van der Waals surface area contributed by atoms with E-state index in [1.54, 1.807) is 24.3 Å². The molecule has 0 bridgehead atoms. The van der Waals surface area contributed by atoms with E-state index in [1.165, 1.54) is 6.07 Å². The lowest BCUT2D eigenvalue weighted by Crippen LogP contribution is -2.34. The summed E-state index contributed by atoms with van der Waals surface area (Å²) in [6, 6.07) is 17.7. The first kappa shape index (κ1) is 20.3. The largest absolute Gasteiger partial charge is 0.507 e. The summed E-state index contributed by atoms with van der Waals surface area (Å²) >= 11 is 7.43. The summed E-state index contributed by atoms with van der Waals surface area (Å²) in [5.74, 6) is 0.0143. The van der Waals surface area contributed by atoms with E-state index in [4.69, 9.17) is 16.6 Å². The van der Waals surface area contributed by atoms with Gasteiger partial charge in [-0.25, -0.2) is 4.98 Å². The third kappa shape index (κ3) is 4.44. The van der Waals surface area contributed by atoms with Crippen LogP contribution in [-0.2, 0) is 0 Å². The Hall–Kier alpha value is -2.98. The number of thiocarbonyl (C=S) groups is 1. The van der Waals surface area contributed by atoms with Gasteiger partial charge in [-0.1, -0.05) is 6.07 Å². The van der Waals surface area contributed by atoms with Crippen LogP contribution in [0.1, 0.15) is 15.9 Å². The number of anilines is 1. The molecule has 1 amide bonds. The second kappa shape index (κ2) is 8.41. The number of amides is 1. The number of carbonyl (C=O) groups excluding carboxylic acids is 1. The minimum absolute atomic E-state index is 0.0256. The van der Waals surface area contributed by atoms with Crippen LogP contribution in [0.5, 0.6) is 5.75 Å². The summed E-state index contributed by atoms with van der Waals surface area (Å²) in [6.07, 6.45) is 0. The Morgan fingerprint density at radius 2 is 1.87 bits per heavy atom. The number of aromatic hydroxyl groups is 1. The maximum atomic E-state index is 12.3. The molecule has 30 heavy (non-hydrogen) atoms. The molecular formula is C22H16IN3O3S. The molecule has 6 nitrogen and oxygen atoms in total. The number of halogens is 1. The van der Waals surface area contributed by atoms with Gasteiger partial charge in [0, 0.05) is 14.8 Å². The number of aryl methyl sites for hydroxylation is 1. The highest BCUT2D eigenvalue weighted by Gasteiger charge is 2.14. The van der Waals surface area contributed by atoms with Crippen LogP contribution in [0.2, 0.25) is 0 Å². The molecule has 1 aromatic heterocycles. The standard InChI is InChI=1S/C22H16IN3O3S/c1-12-2-8-17-19(10-12)29-21(25-17)16-11-15(7-9-18(16)27)24-22(30)26-20(28)13-3-5-14(23)6-4-13/h2-11,27H,1H3,(H2,24,26,28,30). The average Bonchev–Trinajstić information content (AvgIpc) is 3.12. The van der Waals surface area contributed by atoms with Gasteiger partial charge < -0.3 is 14.8 Å². The third-order valence-electron chi connectivity index (χ3n) is 4.36. The number of hydrogen-bond acceptors (Lipinski definition) is 5. The quantitative estimate of drug-likeness (QED) is 0.191. The van der Waals surface area contributed by atoms with Gasteiger partial charge in [0.25, 0.3) is 5.91 Å². The molecule has 3 aromatic carbocycles. The summed E-state index contributed by atoms with van der Waals surface area (Å²) in [4.78, 5) is 16.8. The molecule has 0 fully saturated rings. The lowest BCUT2D eigenvalue weighted by molar-refractivity contribution is 0.0977. The molecule has 0 aliphatic heterocycles. The summed E-state index contributed by atoms with van der Waals surface area (Å²) in [5.41, 5.74) is 3.90. The number of carbonyl (C=O) groups is 1. The van der Waals surface area contributed by atoms with Crippen molar-refractivity contribution in [3.8, 4) is 17.2 Å². The van der Waals surface area contributed by atoms with Crippen molar-refractivity contribution in [1.29, 1.82) is 0 Å². The molecule has 150 valence electrons. The SMILES string of the molecule is Cc1ccc2nc(-c3cc(NC(=S)NC(=O)c4ccc(I)cc4)ccc3O)oc2c1. The first-order valence-corrected chi connectivity index (χ1v) is 10.5. The molecule has 0 radical (unpaired) electrons. The number of phenolic OH excluding ortho intramolecular Hbond substituents is 1. The second-order valence-electron chi connectivity index (χ2n) is 6.64. The molecule has 0 atom stereocenters. The van der Waals surface area contributed by atoms with Gasteiger partial charge in [0.05, 0.1) is 5.56 Å². The molecule has 1 heterocycles. The number of benzene rings is 3. The molecule has 0 aliphatic rings. The maximum Gasteiger partial charge on any atom is 0.257 e. The number of rotatable bonds is 3. The normalized spacial score (nSPS) is 10.7. The molecule has 8 heteroatoms. The number of fused-ring (bicyclic) bond motifs is 1. The predicted octanol–water partition coefficient (Wildman–Crippen LogP) is 5.24. The van der Waals surface area contributed by atoms with Crippen LogP contribution in [0.15, 0.2) is 65.1 Å². The van der Waals surface area contributed by atoms with E-state index in [9.17, 15) is 9.90 Å². The molecule has 0 saturated carbocycles. The monoisotopic (exact) mass is 529 g/mol. The van der Waals surface area contributed by atoms with E-state index in [1.807, 2.05) is 37.3 Å². The van der Waals surface area contributed by atoms with Gasteiger partial charge in [0.2, 0.25) is 5.89 Å². The van der Waals surface area contributed by atoms with Gasteiger partial charge in [-0.05, 0) is 102 Å². The summed E-state index contributed by atoms with van der Waals surface area (Å²) in [7, 11) is 0. The summed E-state index contributed by atoms with van der Waals surface area (Å²) < 4.78 is 6.84. The van der Waals surface area contributed by atoms with Gasteiger partial charge in [-0.3, -0.25) is 10.1 Å². The topological polar surface area (TPSA) is 87.4 Å². The Morgan fingerprint density at radius 3 is 2.63 bits per heavy atom. The van der Waals surface area contributed by atoms with E-state index in [0.29, 0.717) is 33.8 Å².